The molecule has 0 aromatic rings. The van der Waals surface area contributed by atoms with Crippen molar-refractivity contribution in [3.63, 3.8) is 0 Å². The Morgan fingerprint density at radius 1 is 1.50 bits per heavy atom. The molecule has 0 radical (unpaired) electrons. The highest BCUT2D eigenvalue weighted by atomic mass is 16.3. The summed E-state index contributed by atoms with van der Waals surface area (Å²) in [6.07, 6.45) is 5.43. The van der Waals surface area contributed by atoms with Crippen molar-refractivity contribution in [3.8, 4) is 0 Å². The second kappa shape index (κ2) is 1.95. The van der Waals surface area contributed by atoms with Crippen LogP contribution in [0.2, 0.25) is 0 Å². The van der Waals surface area contributed by atoms with Gasteiger partial charge in [-0.2, -0.15) is 0 Å². The zero-order valence-electron chi connectivity index (χ0n) is 6.21. The van der Waals surface area contributed by atoms with Crippen LogP contribution in [0.5, 0.6) is 0 Å². The molecule has 0 heterocycles. The quantitative estimate of drug-likeness (QED) is 0.606. The Morgan fingerprint density at radius 2 is 2.10 bits per heavy atom. The first-order chi connectivity index (χ1) is 4.71. The highest BCUT2D eigenvalue weighted by Crippen LogP contribution is 2.42. The fourth-order valence-electron chi connectivity index (χ4n) is 1.38. The summed E-state index contributed by atoms with van der Waals surface area (Å²) >= 11 is 0. The summed E-state index contributed by atoms with van der Waals surface area (Å²) in [5, 5.41) is 9.53. The fraction of sp³-hybridized carbons (Fsp3) is 1.00. The lowest BCUT2D eigenvalue weighted by molar-refractivity contribution is 0.119. The third-order valence-corrected chi connectivity index (χ3v) is 2.74. The van der Waals surface area contributed by atoms with Crippen molar-refractivity contribution in [1.82, 2.24) is 0 Å². The second-order valence-electron chi connectivity index (χ2n) is 3.93. The molecule has 2 nitrogen and oxygen atoms in total. The lowest BCUT2D eigenvalue weighted by Crippen LogP contribution is -2.37. The van der Waals surface area contributed by atoms with Gasteiger partial charge < -0.3 is 10.8 Å². The average Bonchev–Trinajstić information content (AvgIpc) is 2.67. The topological polar surface area (TPSA) is 46.2 Å². The minimum atomic E-state index is -0.208. The van der Waals surface area contributed by atoms with Crippen LogP contribution in [-0.2, 0) is 0 Å². The molecule has 10 heavy (non-hydrogen) atoms. The van der Waals surface area contributed by atoms with Gasteiger partial charge in [-0.3, -0.25) is 0 Å². The van der Waals surface area contributed by atoms with Gasteiger partial charge in [0.05, 0.1) is 6.10 Å². The third kappa shape index (κ3) is 1.18. The summed E-state index contributed by atoms with van der Waals surface area (Å²) in [4.78, 5) is 0. The van der Waals surface area contributed by atoms with Crippen molar-refractivity contribution in [2.45, 2.75) is 43.7 Å². The number of hydrogen-bond donors (Lipinski definition) is 2. The van der Waals surface area contributed by atoms with Gasteiger partial charge in [0, 0.05) is 5.54 Å². The monoisotopic (exact) mass is 141 g/mol. The Balaban J connectivity index is 1.80. The molecular formula is C8H15NO. The standard InChI is InChI=1S/C8H15NO/c9-8(3-4-8)7(10)5-6-1-2-6/h6-7,10H,1-5,9H2. The van der Waals surface area contributed by atoms with Gasteiger partial charge in [0.25, 0.3) is 0 Å². The molecule has 3 N–H and O–H groups in total. The first-order valence-electron chi connectivity index (χ1n) is 4.18. The number of nitrogens with two attached hydrogens (primary N) is 1. The van der Waals surface area contributed by atoms with Crippen molar-refractivity contribution in [3.05, 3.63) is 0 Å². The minimum absolute atomic E-state index is 0.164. The smallest absolute Gasteiger partial charge is 0.0722 e. The summed E-state index contributed by atoms with van der Waals surface area (Å²) in [6.45, 7) is 0. The van der Waals surface area contributed by atoms with Crippen molar-refractivity contribution >= 4 is 0 Å². The fourth-order valence-corrected chi connectivity index (χ4v) is 1.38. The summed E-state index contributed by atoms with van der Waals surface area (Å²) in [6, 6.07) is 0. The van der Waals surface area contributed by atoms with E-state index in [-0.39, 0.29) is 11.6 Å². The van der Waals surface area contributed by atoms with Gasteiger partial charge in [-0.1, -0.05) is 12.8 Å². The van der Waals surface area contributed by atoms with Crippen molar-refractivity contribution < 1.29 is 5.11 Å². The van der Waals surface area contributed by atoms with Crippen LogP contribution in [0.1, 0.15) is 32.1 Å². The number of rotatable bonds is 3. The molecule has 0 bridgehead atoms. The maximum atomic E-state index is 9.53. The lowest BCUT2D eigenvalue weighted by atomic mass is 10.0. The molecule has 1 atom stereocenters. The van der Waals surface area contributed by atoms with Gasteiger partial charge in [0.15, 0.2) is 0 Å². The Morgan fingerprint density at radius 3 is 2.50 bits per heavy atom. The van der Waals surface area contributed by atoms with Crippen molar-refractivity contribution in [1.29, 1.82) is 0 Å². The first-order valence-corrected chi connectivity index (χ1v) is 4.18. The maximum absolute atomic E-state index is 9.53. The molecule has 2 aliphatic carbocycles. The first kappa shape index (κ1) is 6.62. The van der Waals surface area contributed by atoms with Gasteiger partial charge in [0.1, 0.15) is 0 Å². The Kier molecular flexibility index (Phi) is 1.29. The predicted octanol–water partition coefficient (Wildman–Crippen LogP) is 0.639. The Hall–Kier alpha value is -0.0800. The molecule has 0 aromatic carbocycles. The van der Waals surface area contributed by atoms with E-state index in [1.54, 1.807) is 0 Å². The van der Waals surface area contributed by atoms with Crippen LogP contribution in [0.25, 0.3) is 0 Å². The van der Waals surface area contributed by atoms with Crippen LogP contribution in [0, 0.1) is 5.92 Å². The van der Waals surface area contributed by atoms with Crippen LogP contribution in [0.3, 0.4) is 0 Å². The van der Waals surface area contributed by atoms with Crippen molar-refractivity contribution in [2.75, 3.05) is 0 Å². The maximum Gasteiger partial charge on any atom is 0.0722 e. The van der Waals surface area contributed by atoms with E-state index >= 15 is 0 Å². The largest absolute Gasteiger partial charge is 0.391 e. The highest BCUT2D eigenvalue weighted by molar-refractivity contribution is 5.05. The number of aliphatic hydroxyl groups is 1. The average molecular weight is 141 g/mol. The van der Waals surface area contributed by atoms with E-state index in [4.69, 9.17) is 5.73 Å². The summed E-state index contributed by atoms with van der Waals surface area (Å²) in [7, 11) is 0. The normalized spacial score (nSPS) is 31.8. The summed E-state index contributed by atoms with van der Waals surface area (Å²) in [5.74, 6) is 0.802. The Labute approximate surface area is 61.4 Å². The lowest BCUT2D eigenvalue weighted by Gasteiger charge is -2.16. The molecule has 2 heteroatoms. The molecular weight excluding hydrogens is 126 g/mol. The summed E-state index contributed by atoms with van der Waals surface area (Å²) < 4.78 is 0. The van der Waals surface area contributed by atoms with Crippen molar-refractivity contribution in [2.24, 2.45) is 11.7 Å². The molecule has 1 unspecified atom stereocenters. The van der Waals surface area contributed by atoms with E-state index in [1.807, 2.05) is 0 Å². The third-order valence-electron chi connectivity index (χ3n) is 2.74. The van der Waals surface area contributed by atoms with Crippen LogP contribution in [0.15, 0.2) is 0 Å². The second-order valence-corrected chi connectivity index (χ2v) is 3.93. The van der Waals surface area contributed by atoms with E-state index in [9.17, 15) is 5.11 Å². The van der Waals surface area contributed by atoms with E-state index in [0.29, 0.717) is 0 Å². The molecule has 2 rings (SSSR count). The molecule has 0 spiro atoms. The number of hydrogen-bond acceptors (Lipinski definition) is 2. The molecule has 0 amide bonds. The van der Waals surface area contributed by atoms with Gasteiger partial charge >= 0.3 is 0 Å². The van der Waals surface area contributed by atoms with Crippen LogP contribution >= 0.6 is 0 Å². The predicted molar refractivity (Wildman–Crippen MR) is 39.5 cm³/mol. The van der Waals surface area contributed by atoms with Gasteiger partial charge in [-0.25, -0.2) is 0 Å². The molecule has 58 valence electrons. The molecule has 0 saturated heterocycles. The molecule has 2 fully saturated rings. The van der Waals surface area contributed by atoms with E-state index in [0.717, 1.165) is 25.2 Å². The SMILES string of the molecule is NC1(C(O)CC2CC2)CC1. The zero-order valence-corrected chi connectivity index (χ0v) is 6.21. The van der Waals surface area contributed by atoms with Crippen LogP contribution in [-0.4, -0.2) is 16.7 Å². The number of aliphatic hydroxyl groups excluding tert-OH is 1. The van der Waals surface area contributed by atoms with E-state index in [1.165, 1.54) is 12.8 Å². The molecule has 2 saturated carbocycles. The molecule has 0 aromatic heterocycles. The van der Waals surface area contributed by atoms with E-state index < -0.39 is 0 Å². The van der Waals surface area contributed by atoms with Crippen LogP contribution < -0.4 is 5.73 Å². The zero-order chi connectivity index (χ0) is 7.19. The van der Waals surface area contributed by atoms with Gasteiger partial charge in [0.2, 0.25) is 0 Å². The van der Waals surface area contributed by atoms with Crippen LogP contribution in [0.4, 0.5) is 0 Å². The van der Waals surface area contributed by atoms with E-state index in [2.05, 4.69) is 0 Å². The highest BCUT2D eigenvalue weighted by Gasteiger charge is 2.46. The minimum Gasteiger partial charge on any atom is -0.391 e. The Bertz CT molecular complexity index is 138. The van der Waals surface area contributed by atoms with Gasteiger partial charge in [-0.15, -0.1) is 0 Å². The summed E-state index contributed by atoms with van der Waals surface area (Å²) in [5.41, 5.74) is 5.65. The molecule has 2 aliphatic rings. The van der Waals surface area contributed by atoms with Gasteiger partial charge in [-0.05, 0) is 25.2 Å². The molecule has 0 aliphatic heterocycles.